The van der Waals surface area contributed by atoms with Gasteiger partial charge in [-0.3, -0.25) is 19.3 Å². The summed E-state index contributed by atoms with van der Waals surface area (Å²) in [6.45, 7) is 1.06. The fraction of sp³-hybridized carbons (Fsp3) is 0.303. The van der Waals surface area contributed by atoms with Crippen LogP contribution in [0.25, 0.3) is 5.76 Å². The van der Waals surface area contributed by atoms with Crippen molar-refractivity contribution < 1.29 is 48.3 Å². The monoisotopic (exact) mass is 706 g/mol. The molecule has 5 atom stereocenters. The third-order valence-electron chi connectivity index (χ3n) is 9.50. The summed E-state index contributed by atoms with van der Waals surface area (Å²) in [4.78, 5) is 50.5. The zero-order chi connectivity index (χ0) is 36.3. The van der Waals surface area contributed by atoms with E-state index in [1.54, 1.807) is 0 Å². The first-order valence-corrected chi connectivity index (χ1v) is 16.8. The molecule has 3 aromatic rings. The van der Waals surface area contributed by atoms with Crippen LogP contribution in [0.5, 0.6) is 5.75 Å². The maximum atomic E-state index is 14.2. The molecule has 50 heavy (non-hydrogen) atoms. The predicted molar refractivity (Wildman–Crippen MR) is 177 cm³/mol. The van der Waals surface area contributed by atoms with Gasteiger partial charge in [0.2, 0.25) is 11.7 Å². The molecular formula is C33H34N6O10S. The SMILES string of the molecule is CN(C)C1C(=O)C(C(=O)NCNc2ccc(S(=O)(=O)Nc3ncccn3)cc2)=C(O)C2(O)C(=O)C3=C(O)c4c(O)cccc4C(C)(O)C3CC12. The Hall–Kier alpha value is -5.36. The molecular weight excluding hydrogens is 672 g/mol. The molecule has 0 radical (unpaired) electrons. The van der Waals surface area contributed by atoms with E-state index in [0.29, 0.717) is 5.69 Å². The van der Waals surface area contributed by atoms with E-state index in [1.807, 2.05) is 0 Å². The van der Waals surface area contributed by atoms with Gasteiger partial charge in [0.15, 0.2) is 11.4 Å². The maximum absolute atomic E-state index is 14.2. The van der Waals surface area contributed by atoms with Gasteiger partial charge in [-0.15, -0.1) is 0 Å². The van der Waals surface area contributed by atoms with E-state index in [0.717, 1.165) is 0 Å². The van der Waals surface area contributed by atoms with Crippen LogP contribution in [-0.2, 0) is 30.0 Å². The number of hydrogen-bond donors (Lipinski definition) is 8. The number of benzene rings is 2. The number of sulfonamides is 1. The fourth-order valence-corrected chi connectivity index (χ4v) is 8.04. The van der Waals surface area contributed by atoms with Gasteiger partial charge in [0.1, 0.15) is 22.8 Å². The highest BCUT2D eigenvalue weighted by molar-refractivity contribution is 7.92. The molecule has 2 aromatic carbocycles. The first-order valence-electron chi connectivity index (χ1n) is 15.3. The number of phenolic OH excluding ortho intramolecular Hbond substituents is 1. The highest BCUT2D eigenvalue weighted by atomic mass is 32.2. The molecule has 1 fully saturated rings. The van der Waals surface area contributed by atoms with Crippen LogP contribution in [0.15, 0.2) is 82.7 Å². The highest BCUT2D eigenvalue weighted by Gasteiger charge is 2.66. The topological polar surface area (TPSA) is 252 Å². The van der Waals surface area contributed by atoms with Gasteiger partial charge < -0.3 is 36.2 Å². The lowest BCUT2D eigenvalue weighted by atomic mass is 9.54. The highest BCUT2D eigenvalue weighted by Crippen LogP contribution is 2.57. The number of carbonyl (C=O) groups excluding carboxylic acids is 3. The summed E-state index contributed by atoms with van der Waals surface area (Å²) in [5.41, 5.74) is -5.76. The summed E-state index contributed by atoms with van der Waals surface area (Å²) in [6, 6.07) is 9.81. The van der Waals surface area contributed by atoms with Crippen molar-refractivity contribution in [3.8, 4) is 5.75 Å². The Kier molecular flexibility index (Phi) is 8.42. The zero-order valence-electron chi connectivity index (χ0n) is 26.9. The summed E-state index contributed by atoms with van der Waals surface area (Å²) >= 11 is 0. The van der Waals surface area contributed by atoms with Crippen molar-refractivity contribution >= 4 is 44.9 Å². The number of hydrogen-bond acceptors (Lipinski definition) is 14. The molecule has 1 saturated carbocycles. The summed E-state index contributed by atoms with van der Waals surface area (Å²) in [7, 11) is -1.01. The number of nitrogens with one attached hydrogen (secondary N) is 3. The predicted octanol–water partition coefficient (Wildman–Crippen LogP) is 0.920. The second kappa shape index (κ2) is 12.2. The fourth-order valence-electron chi connectivity index (χ4n) is 7.08. The van der Waals surface area contributed by atoms with E-state index < -0.39 is 85.0 Å². The lowest BCUT2D eigenvalue weighted by molar-refractivity contribution is -0.159. The minimum Gasteiger partial charge on any atom is -0.508 e. The first-order chi connectivity index (χ1) is 23.5. The number of fused-ring (bicyclic) bond motifs is 3. The van der Waals surface area contributed by atoms with E-state index in [4.69, 9.17) is 0 Å². The molecule has 17 heteroatoms. The van der Waals surface area contributed by atoms with Gasteiger partial charge in [0.25, 0.3) is 15.9 Å². The first kappa shape index (κ1) is 34.5. The number of ketones is 2. The number of aliphatic hydroxyl groups excluding tert-OH is 2. The second-order valence-electron chi connectivity index (χ2n) is 12.7. The van der Waals surface area contributed by atoms with Gasteiger partial charge in [-0.2, -0.15) is 0 Å². The average molecular weight is 707 g/mol. The van der Waals surface area contributed by atoms with Crippen LogP contribution in [0, 0.1) is 11.8 Å². The van der Waals surface area contributed by atoms with Gasteiger partial charge in [0.05, 0.1) is 28.8 Å². The number of phenols is 1. The Labute approximate surface area is 285 Å². The zero-order valence-corrected chi connectivity index (χ0v) is 27.8. The van der Waals surface area contributed by atoms with Crippen LogP contribution >= 0.6 is 0 Å². The molecule has 16 nitrogen and oxygen atoms in total. The van der Waals surface area contributed by atoms with Crippen LogP contribution in [0.3, 0.4) is 0 Å². The molecule has 0 saturated heterocycles. The second-order valence-corrected chi connectivity index (χ2v) is 14.3. The molecule has 0 aliphatic heterocycles. The standard InChI is InChI=1S/C33H34N6O10S/c1-32(46)18-6-4-7-21(40)22(18)26(41)23-19(32)14-20-25(39(2)3)27(42)24(29(44)33(20,47)28(23)43)30(45)37-15-36-16-8-10-17(11-9-16)50(48,49)38-31-34-12-5-13-35-31/h4-13,19-20,25,36,40-41,44,46-47H,14-15H2,1-3H3,(H,37,45)(H,34,35,38). The number of anilines is 2. The quantitative estimate of drug-likeness (QED) is 0.120. The van der Waals surface area contributed by atoms with Gasteiger partial charge >= 0.3 is 0 Å². The molecule has 1 heterocycles. The number of amides is 1. The summed E-state index contributed by atoms with van der Waals surface area (Å²) in [6.07, 6.45) is 2.49. The van der Waals surface area contributed by atoms with Crippen molar-refractivity contribution in [1.29, 1.82) is 0 Å². The van der Waals surface area contributed by atoms with E-state index in [2.05, 4.69) is 25.3 Å². The lowest BCUT2D eigenvalue weighted by Gasteiger charge is -2.53. The number of aromatic nitrogens is 2. The Balaban J connectivity index is 1.26. The molecule has 262 valence electrons. The van der Waals surface area contributed by atoms with Gasteiger partial charge in [-0.1, -0.05) is 12.1 Å². The minimum atomic E-state index is -4.00. The van der Waals surface area contributed by atoms with Crippen molar-refractivity contribution in [2.45, 2.75) is 35.5 Å². The molecule has 3 aliphatic rings. The number of rotatable bonds is 8. The number of nitrogens with zero attached hydrogens (tertiary/aromatic N) is 3. The van der Waals surface area contributed by atoms with E-state index in [-0.39, 0.29) is 35.1 Å². The van der Waals surface area contributed by atoms with Gasteiger partial charge in [-0.05, 0) is 69.4 Å². The molecule has 3 aliphatic carbocycles. The number of likely N-dealkylation sites (N-methyl/N-ethyl adjacent to an activating group) is 1. The molecule has 1 aromatic heterocycles. The third kappa shape index (κ3) is 5.34. The van der Waals surface area contributed by atoms with Crippen molar-refractivity contribution in [3.63, 3.8) is 0 Å². The average Bonchev–Trinajstić information content (AvgIpc) is 3.05. The van der Waals surface area contributed by atoms with Gasteiger partial charge in [-0.25, -0.2) is 23.1 Å². The number of Topliss-reactive ketones (excluding diaryl/α,β-unsaturated/α-hetero) is 2. The van der Waals surface area contributed by atoms with Gasteiger partial charge in [0, 0.05) is 35.5 Å². The van der Waals surface area contributed by atoms with Crippen LogP contribution in [0.1, 0.15) is 24.5 Å². The molecule has 0 spiro atoms. The Morgan fingerprint density at radius 2 is 1.66 bits per heavy atom. The Morgan fingerprint density at radius 1 is 1.00 bits per heavy atom. The van der Waals surface area contributed by atoms with Crippen LogP contribution in [0.4, 0.5) is 11.6 Å². The van der Waals surface area contributed by atoms with Crippen LogP contribution in [0.2, 0.25) is 0 Å². The molecule has 5 unspecified atom stereocenters. The molecule has 1 amide bonds. The number of aromatic hydroxyl groups is 1. The minimum absolute atomic E-state index is 0.0985. The number of aliphatic hydroxyl groups is 4. The van der Waals surface area contributed by atoms with Crippen LogP contribution in [-0.4, -0.2) is 98.7 Å². The molecule has 6 rings (SSSR count). The molecule has 8 N–H and O–H groups in total. The van der Waals surface area contributed by atoms with E-state index >= 15 is 0 Å². The normalized spacial score (nSPS) is 26.2. The Morgan fingerprint density at radius 3 is 2.30 bits per heavy atom. The van der Waals surface area contributed by atoms with E-state index in [1.165, 1.54) is 86.8 Å². The smallest absolute Gasteiger partial charge is 0.264 e. The Bertz CT molecular complexity index is 2080. The van der Waals surface area contributed by atoms with Crippen LogP contribution < -0.4 is 15.4 Å². The summed E-state index contributed by atoms with van der Waals surface area (Å²) in [5.74, 6) is -8.20. The van der Waals surface area contributed by atoms with Crippen molar-refractivity contribution in [2.24, 2.45) is 11.8 Å². The summed E-state index contributed by atoms with van der Waals surface area (Å²) in [5, 5.41) is 62.2. The third-order valence-corrected chi connectivity index (χ3v) is 10.8. The van der Waals surface area contributed by atoms with Crippen molar-refractivity contribution in [2.75, 3.05) is 30.8 Å². The van der Waals surface area contributed by atoms with Crippen molar-refractivity contribution in [1.82, 2.24) is 20.2 Å². The van der Waals surface area contributed by atoms with E-state index in [9.17, 15) is 48.3 Å². The number of carbonyl (C=O) groups is 3. The maximum Gasteiger partial charge on any atom is 0.264 e. The largest absolute Gasteiger partial charge is 0.508 e. The summed E-state index contributed by atoms with van der Waals surface area (Å²) < 4.78 is 27.6. The lowest BCUT2D eigenvalue weighted by Crippen LogP contribution is -2.67. The van der Waals surface area contributed by atoms with Crippen molar-refractivity contribution in [3.05, 3.63) is 89.0 Å². The molecule has 0 bridgehead atoms.